The molecule has 1 saturated heterocycles. The minimum Gasteiger partial charge on any atom is -0.337 e. The SMILES string of the molecule is C[C@@H]1CCC[C@H](C)N1C(=O)CSCc1ccccn1. The number of nitrogens with zero attached hydrogens (tertiary/aromatic N) is 2. The molecule has 0 saturated carbocycles. The quantitative estimate of drug-likeness (QED) is 0.848. The smallest absolute Gasteiger partial charge is 0.233 e. The second kappa shape index (κ2) is 6.94. The largest absolute Gasteiger partial charge is 0.337 e. The molecular formula is C15H22N2OS. The van der Waals surface area contributed by atoms with Crippen LogP contribution in [0.2, 0.25) is 0 Å². The minimum atomic E-state index is 0.278. The fourth-order valence-electron chi connectivity index (χ4n) is 2.71. The zero-order valence-electron chi connectivity index (χ0n) is 11.7. The summed E-state index contributed by atoms with van der Waals surface area (Å²) in [5, 5.41) is 0. The molecule has 1 amide bonds. The molecule has 1 aromatic heterocycles. The Balaban J connectivity index is 1.80. The van der Waals surface area contributed by atoms with Crippen molar-refractivity contribution in [3.63, 3.8) is 0 Å². The number of aromatic nitrogens is 1. The summed E-state index contributed by atoms with van der Waals surface area (Å²) >= 11 is 1.66. The highest BCUT2D eigenvalue weighted by Gasteiger charge is 2.28. The third-order valence-electron chi connectivity index (χ3n) is 3.68. The lowest BCUT2D eigenvalue weighted by Crippen LogP contribution is -2.48. The molecule has 0 radical (unpaired) electrons. The van der Waals surface area contributed by atoms with Crippen LogP contribution in [0.15, 0.2) is 24.4 Å². The van der Waals surface area contributed by atoms with Crippen molar-refractivity contribution in [2.45, 2.75) is 50.9 Å². The van der Waals surface area contributed by atoms with Crippen LogP contribution in [0, 0.1) is 0 Å². The van der Waals surface area contributed by atoms with Crippen LogP contribution in [-0.4, -0.2) is 33.6 Å². The van der Waals surface area contributed by atoms with E-state index in [4.69, 9.17) is 0 Å². The van der Waals surface area contributed by atoms with Gasteiger partial charge in [-0.25, -0.2) is 0 Å². The number of pyridine rings is 1. The number of rotatable bonds is 4. The molecule has 104 valence electrons. The van der Waals surface area contributed by atoms with Crippen LogP contribution in [0.1, 0.15) is 38.8 Å². The summed E-state index contributed by atoms with van der Waals surface area (Å²) < 4.78 is 0. The topological polar surface area (TPSA) is 33.2 Å². The highest BCUT2D eigenvalue weighted by molar-refractivity contribution is 7.99. The first-order valence-electron chi connectivity index (χ1n) is 6.97. The van der Waals surface area contributed by atoms with Crippen molar-refractivity contribution in [2.75, 3.05) is 5.75 Å². The highest BCUT2D eigenvalue weighted by atomic mass is 32.2. The van der Waals surface area contributed by atoms with E-state index in [-0.39, 0.29) is 5.91 Å². The lowest BCUT2D eigenvalue weighted by atomic mass is 9.98. The number of hydrogen-bond donors (Lipinski definition) is 0. The van der Waals surface area contributed by atoms with E-state index in [1.807, 2.05) is 18.2 Å². The first-order chi connectivity index (χ1) is 9.18. The van der Waals surface area contributed by atoms with E-state index < -0.39 is 0 Å². The van der Waals surface area contributed by atoms with E-state index in [0.717, 1.165) is 24.3 Å². The predicted octanol–water partition coefficient (Wildman–Crippen LogP) is 3.10. The molecule has 1 aromatic rings. The molecule has 4 heteroatoms. The first-order valence-corrected chi connectivity index (χ1v) is 8.12. The summed E-state index contributed by atoms with van der Waals surface area (Å²) in [6.07, 6.45) is 5.32. The molecule has 1 aliphatic rings. The Morgan fingerprint density at radius 3 is 2.74 bits per heavy atom. The summed E-state index contributed by atoms with van der Waals surface area (Å²) in [6.45, 7) is 4.33. The van der Waals surface area contributed by atoms with Gasteiger partial charge in [-0.3, -0.25) is 9.78 Å². The zero-order valence-corrected chi connectivity index (χ0v) is 12.5. The Labute approximate surface area is 119 Å². The maximum Gasteiger partial charge on any atom is 0.233 e. The molecule has 1 fully saturated rings. The van der Waals surface area contributed by atoms with Crippen LogP contribution < -0.4 is 0 Å². The summed E-state index contributed by atoms with van der Waals surface area (Å²) in [5.41, 5.74) is 1.04. The molecule has 1 aliphatic heterocycles. The lowest BCUT2D eigenvalue weighted by Gasteiger charge is -2.39. The van der Waals surface area contributed by atoms with E-state index in [1.54, 1.807) is 18.0 Å². The Kier molecular flexibility index (Phi) is 5.25. The van der Waals surface area contributed by atoms with Gasteiger partial charge in [-0.15, -0.1) is 11.8 Å². The molecule has 2 heterocycles. The number of thioether (sulfide) groups is 1. The molecule has 0 bridgehead atoms. The van der Waals surface area contributed by atoms with Gasteiger partial charge >= 0.3 is 0 Å². The Hall–Kier alpha value is -1.03. The molecule has 0 spiro atoms. The molecule has 3 nitrogen and oxygen atoms in total. The third-order valence-corrected chi connectivity index (χ3v) is 4.63. The Morgan fingerprint density at radius 1 is 1.37 bits per heavy atom. The van der Waals surface area contributed by atoms with Crippen molar-refractivity contribution in [3.05, 3.63) is 30.1 Å². The van der Waals surface area contributed by atoms with Crippen molar-refractivity contribution >= 4 is 17.7 Å². The number of carbonyl (C=O) groups excluding carboxylic acids is 1. The second-order valence-corrected chi connectivity index (χ2v) is 6.23. The van der Waals surface area contributed by atoms with Gasteiger partial charge in [0.2, 0.25) is 5.91 Å². The first kappa shape index (κ1) is 14.4. The highest BCUT2D eigenvalue weighted by Crippen LogP contribution is 2.23. The van der Waals surface area contributed by atoms with Crippen LogP contribution in [0.25, 0.3) is 0 Å². The number of likely N-dealkylation sites (tertiary alicyclic amines) is 1. The number of amides is 1. The van der Waals surface area contributed by atoms with E-state index in [9.17, 15) is 4.79 Å². The lowest BCUT2D eigenvalue weighted by molar-refractivity contribution is -0.134. The summed E-state index contributed by atoms with van der Waals surface area (Å²) in [4.78, 5) is 18.6. The number of hydrogen-bond acceptors (Lipinski definition) is 3. The fourth-order valence-corrected chi connectivity index (χ4v) is 3.52. The summed E-state index contributed by atoms with van der Waals surface area (Å²) in [6, 6.07) is 6.69. The Bertz CT molecular complexity index is 400. The van der Waals surface area contributed by atoms with Crippen molar-refractivity contribution in [3.8, 4) is 0 Å². The Morgan fingerprint density at radius 2 is 2.11 bits per heavy atom. The van der Waals surface area contributed by atoms with Crippen LogP contribution in [0.5, 0.6) is 0 Å². The van der Waals surface area contributed by atoms with Crippen LogP contribution in [0.3, 0.4) is 0 Å². The van der Waals surface area contributed by atoms with E-state index in [0.29, 0.717) is 17.8 Å². The maximum absolute atomic E-state index is 12.3. The van der Waals surface area contributed by atoms with Gasteiger partial charge in [0.05, 0.1) is 11.4 Å². The van der Waals surface area contributed by atoms with E-state index >= 15 is 0 Å². The molecule has 19 heavy (non-hydrogen) atoms. The normalized spacial score (nSPS) is 23.4. The van der Waals surface area contributed by atoms with Gasteiger partial charge in [0.15, 0.2) is 0 Å². The standard InChI is InChI=1S/C15H22N2OS/c1-12-6-5-7-13(2)17(12)15(18)11-19-10-14-8-3-4-9-16-14/h3-4,8-9,12-13H,5-7,10-11H2,1-2H3/t12-,13+. The molecular weight excluding hydrogens is 256 g/mol. The maximum atomic E-state index is 12.3. The van der Waals surface area contributed by atoms with Gasteiger partial charge in [0.1, 0.15) is 0 Å². The molecule has 0 N–H and O–H groups in total. The van der Waals surface area contributed by atoms with Gasteiger partial charge in [-0.2, -0.15) is 0 Å². The van der Waals surface area contributed by atoms with E-state index in [1.165, 1.54) is 6.42 Å². The zero-order chi connectivity index (χ0) is 13.7. The monoisotopic (exact) mass is 278 g/mol. The summed E-state index contributed by atoms with van der Waals surface area (Å²) in [5.74, 6) is 1.65. The van der Waals surface area contributed by atoms with Gasteiger partial charge in [0, 0.05) is 24.0 Å². The average Bonchev–Trinajstić information content (AvgIpc) is 2.40. The van der Waals surface area contributed by atoms with Gasteiger partial charge in [-0.05, 0) is 45.2 Å². The fraction of sp³-hybridized carbons (Fsp3) is 0.600. The molecule has 0 unspecified atom stereocenters. The van der Waals surface area contributed by atoms with Gasteiger partial charge < -0.3 is 4.90 Å². The van der Waals surface area contributed by atoms with Crippen LogP contribution in [-0.2, 0) is 10.5 Å². The molecule has 2 rings (SSSR count). The van der Waals surface area contributed by atoms with Crippen molar-refractivity contribution < 1.29 is 4.79 Å². The minimum absolute atomic E-state index is 0.278. The van der Waals surface area contributed by atoms with Gasteiger partial charge in [0.25, 0.3) is 0 Å². The predicted molar refractivity (Wildman–Crippen MR) is 80.0 cm³/mol. The van der Waals surface area contributed by atoms with Crippen LogP contribution in [0.4, 0.5) is 0 Å². The van der Waals surface area contributed by atoms with Crippen molar-refractivity contribution in [2.24, 2.45) is 0 Å². The second-order valence-electron chi connectivity index (χ2n) is 5.24. The van der Waals surface area contributed by atoms with E-state index in [2.05, 4.69) is 23.7 Å². The van der Waals surface area contributed by atoms with Gasteiger partial charge in [-0.1, -0.05) is 6.07 Å². The average molecular weight is 278 g/mol. The molecule has 2 atom stereocenters. The molecule has 0 aromatic carbocycles. The molecule has 0 aliphatic carbocycles. The number of carbonyl (C=O) groups is 1. The summed E-state index contributed by atoms with van der Waals surface area (Å²) in [7, 11) is 0. The number of piperidine rings is 1. The van der Waals surface area contributed by atoms with Crippen molar-refractivity contribution in [1.29, 1.82) is 0 Å². The van der Waals surface area contributed by atoms with Crippen molar-refractivity contribution in [1.82, 2.24) is 9.88 Å². The third kappa shape index (κ3) is 3.96. The van der Waals surface area contributed by atoms with Crippen LogP contribution >= 0.6 is 11.8 Å².